The summed E-state index contributed by atoms with van der Waals surface area (Å²) in [6, 6.07) is -1.13. The average molecular weight is 199 g/mol. The van der Waals surface area contributed by atoms with E-state index in [0.717, 1.165) is 12.8 Å². The summed E-state index contributed by atoms with van der Waals surface area (Å²) >= 11 is 0. The van der Waals surface area contributed by atoms with E-state index in [0.29, 0.717) is 5.92 Å². The van der Waals surface area contributed by atoms with Crippen LogP contribution in [0, 0.1) is 5.92 Å². The highest BCUT2D eigenvalue weighted by molar-refractivity contribution is 5.88. The number of rotatable bonds is 5. The molecular formula is C9H13NO4. The van der Waals surface area contributed by atoms with Gasteiger partial charge in [-0.1, -0.05) is 6.08 Å². The van der Waals surface area contributed by atoms with Crippen molar-refractivity contribution < 1.29 is 19.8 Å². The van der Waals surface area contributed by atoms with E-state index in [1.165, 1.54) is 0 Å². The number of hydrogen-bond acceptors (Lipinski definition) is 3. The molecule has 0 aromatic rings. The quantitative estimate of drug-likeness (QED) is 0.549. The van der Waals surface area contributed by atoms with Crippen molar-refractivity contribution in [2.24, 2.45) is 11.7 Å². The number of hydrogen-bond donors (Lipinski definition) is 3. The predicted molar refractivity (Wildman–Crippen MR) is 48.7 cm³/mol. The van der Waals surface area contributed by atoms with Gasteiger partial charge in [-0.2, -0.15) is 0 Å². The minimum atomic E-state index is -1.17. The Hall–Kier alpha value is -1.36. The summed E-state index contributed by atoms with van der Waals surface area (Å²) in [4.78, 5) is 21.1. The highest BCUT2D eigenvalue weighted by atomic mass is 16.4. The highest BCUT2D eigenvalue weighted by Crippen LogP contribution is 2.32. The first-order valence-corrected chi connectivity index (χ1v) is 4.43. The fourth-order valence-corrected chi connectivity index (χ4v) is 1.10. The Morgan fingerprint density at radius 2 is 2.00 bits per heavy atom. The molecule has 0 bridgehead atoms. The van der Waals surface area contributed by atoms with E-state index in [1.54, 1.807) is 6.08 Å². The molecule has 0 saturated heterocycles. The SMILES string of the molecule is N[C@@H](C/C(=C/C1CC1)C(=O)O)C(=O)O. The normalized spacial score (nSPS) is 19.1. The number of carboxylic acids is 2. The molecule has 1 saturated carbocycles. The molecule has 5 nitrogen and oxygen atoms in total. The second kappa shape index (κ2) is 4.23. The molecular weight excluding hydrogens is 186 g/mol. The summed E-state index contributed by atoms with van der Waals surface area (Å²) in [7, 11) is 0. The van der Waals surface area contributed by atoms with Crippen LogP contribution in [0.15, 0.2) is 11.6 Å². The molecule has 0 spiro atoms. The van der Waals surface area contributed by atoms with Crippen molar-refractivity contribution in [2.45, 2.75) is 25.3 Å². The fourth-order valence-electron chi connectivity index (χ4n) is 1.10. The zero-order chi connectivity index (χ0) is 10.7. The standard InChI is InChI=1S/C9H13NO4/c10-7(9(13)14)4-6(8(11)12)3-5-1-2-5/h3,5,7H,1-2,4,10H2,(H,11,12)(H,13,14)/b6-3-/t7-/m0/s1. The summed E-state index contributed by atoms with van der Waals surface area (Å²) in [6.07, 6.45) is 3.48. The van der Waals surface area contributed by atoms with Gasteiger partial charge in [0.2, 0.25) is 0 Å². The zero-order valence-corrected chi connectivity index (χ0v) is 7.64. The summed E-state index contributed by atoms with van der Waals surface area (Å²) in [5.41, 5.74) is 5.36. The minimum Gasteiger partial charge on any atom is -0.480 e. The smallest absolute Gasteiger partial charge is 0.331 e. The Kier molecular flexibility index (Phi) is 3.24. The molecule has 0 aromatic carbocycles. The lowest BCUT2D eigenvalue weighted by Gasteiger charge is -2.06. The van der Waals surface area contributed by atoms with Gasteiger partial charge in [0.25, 0.3) is 0 Å². The van der Waals surface area contributed by atoms with Crippen molar-refractivity contribution in [2.75, 3.05) is 0 Å². The van der Waals surface area contributed by atoms with Crippen LogP contribution in [0.5, 0.6) is 0 Å². The minimum absolute atomic E-state index is 0.110. The molecule has 1 aliphatic carbocycles. The number of carbonyl (C=O) groups is 2. The van der Waals surface area contributed by atoms with Crippen molar-refractivity contribution >= 4 is 11.9 Å². The first-order valence-electron chi connectivity index (χ1n) is 4.43. The highest BCUT2D eigenvalue weighted by Gasteiger charge is 2.24. The molecule has 78 valence electrons. The summed E-state index contributed by atoms with van der Waals surface area (Å²) in [5, 5.41) is 17.3. The lowest BCUT2D eigenvalue weighted by Crippen LogP contribution is -2.31. The predicted octanol–water partition coefficient (Wildman–Crippen LogP) is 0.209. The van der Waals surface area contributed by atoms with Crippen molar-refractivity contribution in [1.29, 1.82) is 0 Å². The fraction of sp³-hybridized carbons (Fsp3) is 0.556. The molecule has 4 N–H and O–H groups in total. The van der Waals surface area contributed by atoms with E-state index in [-0.39, 0.29) is 12.0 Å². The molecule has 0 aromatic heterocycles. The third kappa shape index (κ3) is 3.18. The van der Waals surface area contributed by atoms with E-state index < -0.39 is 18.0 Å². The molecule has 0 radical (unpaired) electrons. The Labute approximate surface area is 81.2 Å². The second-order valence-corrected chi connectivity index (χ2v) is 3.48. The number of carboxylic acid groups (broad SMARTS) is 2. The Balaban J connectivity index is 2.59. The summed E-state index contributed by atoms with van der Waals surface area (Å²) in [6.45, 7) is 0. The van der Waals surface area contributed by atoms with Crippen LogP contribution in [0.25, 0.3) is 0 Å². The van der Waals surface area contributed by atoms with E-state index >= 15 is 0 Å². The zero-order valence-electron chi connectivity index (χ0n) is 7.64. The van der Waals surface area contributed by atoms with Gasteiger partial charge in [0, 0.05) is 12.0 Å². The van der Waals surface area contributed by atoms with Crippen molar-refractivity contribution in [3.05, 3.63) is 11.6 Å². The maximum atomic E-state index is 10.7. The van der Waals surface area contributed by atoms with E-state index in [9.17, 15) is 9.59 Å². The summed E-state index contributed by atoms with van der Waals surface area (Å²) in [5.74, 6) is -1.94. The van der Waals surface area contributed by atoms with Gasteiger partial charge < -0.3 is 15.9 Å². The summed E-state index contributed by atoms with van der Waals surface area (Å²) < 4.78 is 0. The van der Waals surface area contributed by atoms with E-state index in [1.807, 2.05) is 0 Å². The molecule has 14 heavy (non-hydrogen) atoms. The maximum Gasteiger partial charge on any atom is 0.331 e. The number of allylic oxidation sites excluding steroid dienone is 1. The molecule has 0 unspecified atom stereocenters. The molecule has 1 fully saturated rings. The van der Waals surface area contributed by atoms with Crippen molar-refractivity contribution in [3.8, 4) is 0 Å². The van der Waals surface area contributed by atoms with Gasteiger partial charge in [-0.25, -0.2) is 4.79 Å². The monoisotopic (exact) mass is 199 g/mol. The van der Waals surface area contributed by atoms with Crippen LogP contribution >= 0.6 is 0 Å². The molecule has 1 atom stereocenters. The van der Waals surface area contributed by atoms with Crippen molar-refractivity contribution in [3.63, 3.8) is 0 Å². The second-order valence-electron chi connectivity index (χ2n) is 3.48. The topological polar surface area (TPSA) is 101 Å². The Morgan fingerprint density at radius 3 is 2.36 bits per heavy atom. The first kappa shape index (κ1) is 10.7. The van der Waals surface area contributed by atoms with Crippen LogP contribution < -0.4 is 5.73 Å². The van der Waals surface area contributed by atoms with E-state index in [4.69, 9.17) is 15.9 Å². The number of aliphatic carboxylic acids is 2. The van der Waals surface area contributed by atoms with Gasteiger partial charge in [-0.15, -0.1) is 0 Å². The molecule has 1 rings (SSSR count). The van der Waals surface area contributed by atoms with E-state index in [2.05, 4.69) is 0 Å². The van der Waals surface area contributed by atoms with Gasteiger partial charge in [0.1, 0.15) is 6.04 Å². The molecule has 0 aliphatic heterocycles. The van der Waals surface area contributed by atoms with Crippen LogP contribution in [0.2, 0.25) is 0 Å². The van der Waals surface area contributed by atoms with Gasteiger partial charge in [0.05, 0.1) is 0 Å². The Morgan fingerprint density at radius 1 is 1.43 bits per heavy atom. The average Bonchev–Trinajstić information content (AvgIpc) is 2.86. The van der Waals surface area contributed by atoms with Gasteiger partial charge in [-0.05, 0) is 18.8 Å². The first-order chi connectivity index (χ1) is 6.50. The van der Waals surface area contributed by atoms with Gasteiger partial charge in [-0.3, -0.25) is 4.79 Å². The van der Waals surface area contributed by atoms with Crippen molar-refractivity contribution in [1.82, 2.24) is 0 Å². The molecule has 5 heteroatoms. The molecule has 0 amide bonds. The molecule has 0 heterocycles. The largest absolute Gasteiger partial charge is 0.480 e. The third-order valence-corrected chi connectivity index (χ3v) is 2.09. The van der Waals surface area contributed by atoms with Crippen LogP contribution in [0.3, 0.4) is 0 Å². The van der Waals surface area contributed by atoms with Gasteiger partial charge in [0.15, 0.2) is 0 Å². The lowest BCUT2D eigenvalue weighted by molar-refractivity contribution is -0.138. The molecule has 1 aliphatic rings. The van der Waals surface area contributed by atoms with Crippen LogP contribution in [-0.2, 0) is 9.59 Å². The lowest BCUT2D eigenvalue weighted by atomic mass is 10.1. The van der Waals surface area contributed by atoms with Crippen LogP contribution in [-0.4, -0.2) is 28.2 Å². The van der Waals surface area contributed by atoms with Crippen LogP contribution in [0.1, 0.15) is 19.3 Å². The van der Waals surface area contributed by atoms with Gasteiger partial charge >= 0.3 is 11.9 Å². The number of nitrogens with two attached hydrogens (primary N) is 1. The Bertz CT molecular complexity index is 281. The maximum absolute atomic E-state index is 10.7. The van der Waals surface area contributed by atoms with Crippen LogP contribution in [0.4, 0.5) is 0 Å². The third-order valence-electron chi connectivity index (χ3n) is 2.09.